The van der Waals surface area contributed by atoms with Crippen LogP contribution in [0, 0.1) is 0 Å². The second-order valence-corrected chi connectivity index (χ2v) is 6.36. The summed E-state index contributed by atoms with van der Waals surface area (Å²) in [4.78, 5) is 4.52. The molecule has 1 fully saturated rings. The van der Waals surface area contributed by atoms with Crippen LogP contribution in [0.1, 0.15) is 30.7 Å². The average molecular weight is 303 g/mol. The van der Waals surface area contributed by atoms with Crippen molar-refractivity contribution in [2.24, 2.45) is 0 Å². The Morgan fingerprint density at radius 1 is 1.29 bits per heavy atom. The normalized spacial score (nSPS) is 16.4. The molecule has 1 heterocycles. The third-order valence-corrected chi connectivity index (χ3v) is 4.98. The van der Waals surface area contributed by atoms with Crippen LogP contribution in [0.15, 0.2) is 30.3 Å². The van der Waals surface area contributed by atoms with Gasteiger partial charge >= 0.3 is 0 Å². The van der Waals surface area contributed by atoms with Crippen molar-refractivity contribution >= 4 is 16.7 Å². The Kier molecular flexibility index (Phi) is 4.51. The summed E-state index contributed by atoms with van der Waals surface area (Å²) in [6.07, 6.45) is 4.59. The van der Waals surface area contributed by atoms with Gasteiger partial charge in [-0.05, 0) is 18.4 Å². The van der Waals surface area contributed by atoms with Gasteiger partial charge in [0, 0.05) is 37.0 Å². The lowest BCUT2D eigenvalue weighted by molar-refractivity contribution is 0.201. The maximum Gasteiger partial charge on any atom is 0.202 e. The number of nitrogens with one attached hydrogen (secondary N) is 1. The highest BCUT2D eigenvalue weighted by Gasteiger charge is 2.38. The number of ether oxygens (including phenoxy) is 1. The average Bonchev–Trinajstić information content (AvgIpc) is 2.93. The highest BCUT2D eigenvalue weighted by molar-refractivity contribution is 7.09. The Morgan fingerprint density at radius 2 is 2.10 bits per heavy atom. The van der Waals surface area contributed by atoms with Crippen LogP contribution in [-0.4, -0.2) is 29.6 Å². The monoisotopic (exact) mass is 303 g/mol. The lowest BCUT2D eigenvalue weighted by atomic mass is 9.64. The molecule has 0 atom stereocenters. The first-order valence-electron chi connectivity index (χ1n) is 7.43. The first-order valence-corrected chi connectivity index (χ1v) is 8.21. The molecule has 0 spiro atoms. The minimum atomic E-state index is 0.277. The van der Waals surface area contributed by atoms with E-state index in [0.717, 1.165) is 23.9 Å². The molecule has 0 radical (unpaired) electrons. The third-order valence-electron chi connectivity index (χ3n) is 4.27. The van der Waals surface area contributed by atoms with Crippen molar-refractivity contribution in [3.05, 3.63) is 41.7 Å². The quantitative estimate of drug-likeness (QED) is 0.853. The highest BCUT2D eigenvalue weighted by Crippen LogP contribution is 2.43. The first-order chi connectivity index (χ1) is 10.3. The SMILES string of the molecule is COCCc1nsc(NCC2(c3ccccc3)CCC2)n1. The summed E-state index contributed by atoms with van der Waals surface area (Å²) in [6, 6.07) is 10.8. The van der Waals surface area contributed by atoms with Gasteiger partial charge in [0.05, 0.1) is 6.61 Å². The molecular formula is C16H21N3OS. The number of nitrogens with zero attached hydrogens (tertiary/aromatic N) is 2. The standard InChI is InChI=1S/C16H21N3OS/c1-20-11-8-14-18-15(21-19-14)17-12-16(9-5-10-16)13-6-3-2-4-7-13/h2-4,6-7H,5,8-12H2,1H3,(H,17,18,19). The van der Waals surface area contributed by atoms with E-state index in [4.69, 9.17) is 4.74 Å². The van der Waals surface area contributed by atoms with E-state index >= 15 is 0 Å². The van der Waals surface area contributed by atoms with E-state index in [1.165, 1.54) is 36.4 Å². The number of rotatable bonds is 7. The molecule has 0 bridgehead atoms. The van der Waals surface area contributed by atoms with E-state index in [1.54, 1.807) is 7.11 Å². The van der Waals surface area contributed by atoms with Crippen LogP contribution in [0.25, 0.3) is 0 Å². The van der Waals surface area contributed by atoms with Crippen molar-refractivity contribution in [1.29, 1.82) is 0 Å². The third kappa shape index (κ3) is 3.24. The molecule has 1 aliphatic rings. The minimum absolute atomic E-state index is 0.277. The van der Waals surface area contributed by atoms with Crippen molar-refractivity contribution in [3.63, 3.8) is 0 Å². The largest absolute Gasteiger partial charge is 0.384 e. The summed E-state index contributed by atoms with van der Waals surface area (Å²) in [7, 11) is 1.70. The van der Waals surface area contributed by atoms with Crippen LogP contribution in [0.4, 0.5) is 5.13 Å². The lowest BCUT2D eigenvalue weighted by Crippen LogP contribution is -2.40. The maximum absolute atomic E-state index is 5.06. The summed E-state index contributed by atoms with van der Waals surface area (Å²) in [5.41, 5.74) is 1.72. The first kappa shape index (κ1) is 14.5. The van der Waals surface area contributed by atoms with Gasteiger partial charge in [-0.2, -0.15) is 4.37 Å². The number of aromatic nitrogens is 2. The Labute approximate surface area is 129 Å². The molecule has 0 aliphatic heterocycles. The Bertz CT molecular complexity index is 566. The highest BCUT2D eigenvalue weighted by atomic mass is 32.1. The Balaban J connectivity index is 1.62. The number of anilines is 1. The maximum atomic E-state index is 5.06. The van der Waals surface area contributed by atoms with Crippen LogP contribution >= 0.6 is 11.5 Å². The number of hydrogen-bond acceptors (Lipinski definition) is 5. The van der Waals surface area contributed by atoms with Gasteiger partial charge in [0.25, 0.3) is 0 Å². The summed E-state index contributed by atoms with van der Waals surface area (Å²) in [5, 5.41) is 4.41. The van der Waals surface area contributed by atoms with Crippen molar-refractivity contribution in [2.75, 3.05) is 25.6 Å². The Morgan fingerprint density at radius 3 is 2.76 bits per heavy atom. The number of hydrogen-bond donors (Lipinski definition) is 1. The fourth-order valence-corrected chi connectivity index (χ4v) is 3.44. The molecule has 0 saturated heterocycles. The van der Waals surface area contributed by atoms with Crippen LogP contribution < -0.4 is 5.32 Å². The summed E-state index contributed by atoms with van der Waals surface area (Å²) in [6.45, 7) is 1.61. The molecule has 21 heavy (non-hydrogen) atoms. The molecule has 3 rings (SSSR count). The van der Waals surface area contributed by atoms with E-state index in [1.807, 2.05) is 0 Å². The summed E-state index contributed by atoms with van der Waals surface area (Å²) < 4.78 is 9.42. The molecule has 1 aromatic heterocycles. The topological polar surface area (TPSA) is 47.0 Å². The predicted molar refractivity (Wildman–Crippen MR) is 85.9 cm³/mol. The molecule has 1 N–H and O–H groups in total. The van der Waals surface area contributed by atoms with Crippen LogP contribution in [0.3, 0.4) is 0 Å². The van der Waals surface area contributed by atoms with Gasteiger partial charge in [-0.3, -0.25) is 0 Å². The van der Waals surface area contributed by atoms with Gasteiger partial charge in [-0.25, -0.2) is 4.98 Å². The second kappa shape index (κ2) is 6.54. The van der Waals surface area contributed by atoms with Gasteiger partial charge in [0.2, 0.25) is 5.13 Å². The number of benzene rings is 1. The molecule has 4 nitrogen and oxygen atoms in total. The summed E-state index contributed by atoms with van der Waals surface area (Å²) >= 11 is 1.44. The second-order valence-electron chi connectivity index (χ2n) is 5.61. The molecule has 0 amide bonds. The molecule has 1 aliphatic carbocycles. The van der Waals surface area contributed by atoms with Gasteiger partial charge in [-0.15, -0.1) is 0 Å². The lowest BCUT2D eigenvalue weighted by Gasteiger charge is -2.42. The minimum Gasteiger partial charge on any atom is -0.384 e. The van der Waals surface area contributed by atoms with E-state index in [-0.39, 0.29) is 5.41 Å². The van der Waals surface area contributed by atoms with Crippen LogP contribution in [0.5, 0.6) is 0 Å². The van der Waals surface area contributed by atoms with E-state index in [2.05, 4.69) is 45.0 Å². The smallest absolute Gasteiger partial charge is 0.202 e. The van der Waals surface area contributed by atoms with Gasteiger partial charge in [0.1, 0.15) is 5.82 Å². The molecule has 112 valence electrons. The van der Waals surface area contributed by atoms with E-state index in [0.29, 0.717) is 6.61 Å². The molecule has 1 aromatic carbocycles. The van der Waals surface area contributed by atoms with Crippen LogP contribution in [0.2, 0.25) is 0 Å². The molecule has 2 aromatic rings. The van der Waals surface area contributed by atoms with Gasteiger partial charge in [0.15, 0.2) is 0 Å². The fraction of sp³-hybridized carbons (Fsp3) is 0.500. The Hall–Kier alpha value is -1.46. The predicted octanol–water partition coefficient (Wildman–Crippen LogP) is 3.26. The fourth-order valence-electron chi connectivity index (χ4n) is 2.83. The zero-order valence-corrected chi connectivity index (χ0v) is 13.2. The van der Waals surface area contributed by atoms with E-state index in [9.17, 15) is 0 Å². The van der Waals surface area contributed by atoms with Gasteiger partial charge < -0.3 is 10.1 Å². The van der Waals surface area contributed by atoms with Crippen LogP contribution in [-0.2, 0) is 16.6 Å². The van der Waals surface area contributed by atoms with Crippen molar-refractivity contribution < 1.29 is 4.74 Å². The number of methoxy groups -OCH3 is 1. The zero-order valence-electron chi connectivity index (χ0n) is 12.3. The van der Waals surface area contributed by atoms with Gasteiger partial charge in [-0.1, -0.05) is 36.8 Å². The van der Waals surface area contributed by atoms with Crippen molar-refractivity contribution in [3.8, 4) is 0 Å². The zero-order chi connectivity index (χ0) is 14.5. The van der Waals surface area contributed by atoms with E-state index < -0.39 is 0 Å². The molecule has 0 unspecified atom stereocenters. The molecule has 1 saturated carbocycles. The summed E-state index contributed by atoms with van der Waals surface area (Å²) in [5.74, 6) is 0.867. The molecular weight excluding hydrogens is 282 g/mol. The molecule has 5 heteroatoms. The van der Waals surface area contributed by atoms with Crippen molar-refractivity contribution in [2.45, 2.75) is 31.1 Å². The van der Waals surface area contributed by atoms with Crippen molar-refractivity contribution in [1.82, 2.24) is 9.36 Å².